The quantitative estimate of drug-likeness (QED) is 0.713. The average molecular weight is 385 g/mol. The molecule has 2 atom stereocenters. The number of benzene rings is 1. The van der Waals surface area contributed by atoms with Crippen LogP contribution in [-0.4, -0.2) is 32.5 Å². The Balaban J connectivity index is 1.82. The highest BCUT2D eigenvalue weighted by molar-refractivity contribution is 7.92. The highest BCUT2D eigenvalue weighted by atomic mass is 32.2. The van der Waals surface area contributed by atoms with Crippen LogP contribution in [0.15, 0.2) is 27.9 Å². The Morgan fingerprint density at radius 3 is 2.88 bits per heavy atom. The van der Waals surface area contributed by atoms with Gasteiger partial charge in [-0.1, -0.05) is 0 Å². The van der Waals surface area contributed by atoms with E-state index < -0.39 is 15.8 Å². The predicted octanol–water partition coefficient (Wildman–Crippen LogP) is 2.80. The molecule has 0 aliphatic carbocycles. The number of sulfonamides is 1. The fourth-order valence-corrected chi connectivity index (χ4v) is 4.64. The van der Waals surface area contributed by atoms with Crippen LogP contribution in [0.1, 0.15) is 18.9 Å². The van der Waals surface area contributed by atoms with E-state index in [2.05, 4.69) is 27.3 Å². The van der Waals surface area contributed by atoms with Crippen molar-refractivity contribution in [1.82, 2.24) is 10.3 Å². The van der Waals surface area contributed by atoms with E-state index in [-0.39, 0.29) is 16.8 Å². The molecule has 1 aliphatic rings. The topological polar surface area (TPSA) is 83.1 Å². The second-order valence-corrected chi connectivity index (χ2v) is 8.63. The summed E-state index contributed by atoms with van der Waals surface area (Å²) in [6.45, 7) is 5.75. The van der Waals surface area contributed by atoms with Gasteiger partial charge in [0.1, 0.15) is 10.7 Å². The lowest BCUT2D eigenvalue weighted by Crippen LogP contribution is -2.28. The second-order valence-electron chi connectivity index (χ2n) is 6.26. The number of aryl methyl sites for hydroxylation is 1. The van der Waals surface area contributed by atoms with E-state index in [1.54, 1.807) is 12.3 Å². The van der Waals surface area contributed by atoms with Crippen LogP contribution in [0, 0.1) is 18.7 Å². The van der Waals surface area contributed by atoms with Crippen molar-refractivity contribution >= 4 is 32.9 Å². The average Bonchev–Trinajstić information content (AvgIpc) is 3.23. The summed E-state index contributed by atoms with van der Waals surface area (Å²) in [7, 11) is -4.02. The van der Waals surface area contributed by atoms with E-state index in [1.807, 2.05) is 0 Å². The van der Waals surface area contributed by atoms with Gasteiger partial charge in [0.05, 0.1) is 5.51 Å². The summed E-state index contributed by atoms with van der Waals surface area (Å²) in [6.07, 6.45) is 1.07. The summed E-state index contributed by atoms with van der Waals surface area (Å²) in [5.74, 6) is -0.128. The summed E-state index contributed by atoms with van der Waals surface area (Å²) in [5.41, 5.74) is 2.80. The molecule has 0 radical (unpaired) electrons. The van der Waals surface area contributed by atoms with Crippen molar-refractivity contribution in [1.29, 1.82) is 0 Å². The molecule has 0 spiro atoms. The van der Waals surface area contributed by atoms with Crippen molar-refractivity contribution in [2.45, 2.75) is 31.2 Å². The Bertz CT molecular complexity index is 834. The number of anilines is 2. The van der Waals surface area contributed by atoms with Crippen LogP contribution in [0.3, 0.4) is 0 Å². The Morgan fingerprint density at radius 2 is 2.24 bits per heavy atom. The van der Waals surface area contributed by atoms with Gasteiger partial charge in [-0.25, -0.2) is 17.8 Å². The van der Waals surface area contributed by atoms with E-state index in [4.69, 9.17) is 0 Å². The van der Waals surface area contributed by atoms with Gasteiger partial charge in [-0.05, 0) is 57.0 Å². The Labute approximate surface area is 150 Å². The maximum atomic E-state index is 14.5. The first-order valence-electron chi connectivity index (χ1n) is 8.05. The first-order valence-corrected chi connectivity index (χ1v) is 10.5. The minimum atomic E-state index is -4.02. The van der Waals surface area contributed by atoms with Gasteiger partial charge in [-0.3, -0.25) is 4.72 Å². The molecule has 0 bridgehead atoms. The number of hydrogen-bond donors (Lipinski definition) is 3. The lowest BCUT2D eigenvalue weighted by molar-refractivity contribution is 0.509. The van der Waals surface area contributed by atoms with Crippen LogP contribution in [0.5, 0.6) is 0 Å². The third-order valence-electron chi connectivity index (χ3n) is 4.43. The molecule has 6 nitrogen and oxygen atoms in total. The summed E-state index contributed by atoms with van der Waals surface area (Å²) in [6, 6.07) is 2.78. The molecule has 2 heterocycles. The Kier molecular flexibility index (Phi) is 5.26. The number of rotatable bonds is 6. The Morgan fingerprint density at radius 1 is 1.44 bits per heavy atom. The first-order chi connectivity index (χ1) is 11.9. The van der Waals surface area contributed by atoms with E-state index in [9.17, 15) is 12.8 Å². The number of hydrogen-bond acceptors (Lipinski definition) is 6. The second kappa shape index (κ2) is 7.27. The van der Waals surface area contributed by atoms with Gasteiger partial charge in [-0.2, -0.15) is 0 Å². The zero-order valence-electron chi connectivity index (χ0n) is 14.0. The molecular formula is C16H21FN4O2S2. The molecule has 1 aromatic heterocycles. The van der Waals surface area contributed by atoms with Gasteiger partial charge in [0.2, 0.25) is 0 Å². The lowest BCUT2D eigenvalue weighted by Gasteiger charge is -2.22. The van der Waals surface area contributed by atoms with Crippen molar-refractivity contribution in [2.75, 3.05) is 23.1 Å². The van der Waals surface area contributed by atoms with Gasteiger partial charge in [-0.15, -0.1) is 11.3 Å². The van der Waals surface area contributed by atoms with E-state index in [0.717, 1.165) is 19.5 Å². The summed E-state index contributed by atoms with van der Waals surface area (Å²) >= 11 is 1.26. The van der Waals surface area contributed by atoms with E-state index in [0.29, 0.717) is 17.2 Å². The molecule has 0 saturated carbocycles. The molecule has 136 valence electrons. The zero-order chi connectivity index (χ0) is 18.0. The summed E-state index contributed by atoms with van der Waals surface area (Å²) in [4.78, 5) is 3.49. The van der Waals surface area contributed by atoms with Gasteiger partial charge in [0, 0.05) is 17.1 Å². The van der Waals surface area contributed by atoms with E-state index >= 15 is 0 Å². The van der Waals surface area contributed by atoms with Crippen molar-refractivity contribution in [3.8, 4) is 0 Å². The monoisotopic (exact) mass is 384 g/mol. The summed E-state index contributed by atoms with van der Waals surface area (Å²) < 4.78 is 41.6. The first kappa shape index (κ1) is 18.1. The van der Waals surface area contributed by atoms with Gasteiger partial charge in [0.25, 0.3) is 10.0 Å². The van der Waals surface area contributed by atoms with Gasteiger partial charge >= 0.3 is 0 Å². The number of nitrogens with one attached hydrogen (secondary N) is 3. The molecule has 1 aliphatic heterocycles. The fourth-order valence-electron chi connectivity index (χ4n) is 2.94. The molecular weight excluding hydrogens is 363 g/mol. The molecule has 1 saturated heterocycles. The van der Waals surface area contributed by atoms with Crippen molar-refractivity contribution in [2.24, 2.45) is 5.92 Å². The number of halogens is 1. The normalized spacial score (nSPS) is 18.9. The molecule has 3 rings (SSSR count). The van der Waals surface area contributed by atoms with Crippen molar-refractivity contribution < 1.29 is 12.8 Å². The number of aromatic nitrogens is 1. The van der Waals surface area contributed by atoms with Crippen LogP contribution in [0.4, 0.5) is 15.9 Å². The molecule has 9 heteroatoms. The summed E-state index contributed by atoms with van der Waals surface area (Å²) in [5, 5.41) is 8.17. The standard InChI is InChI=1S/C16H21FN4O2S2/c1-10-5-15(25(22,23)21-16-8-24-9-19-16)13(17)6-14(10)20-11(2)12-3-4-18-7-12/h5-6,8-9,11-12,18,20-21H,3-4,7H2,1-2H3/t11-,12?/m0/s1. The smallest absolute Gasteiger partial charge is 0.266 e. The predicted molar refractivity (Wildman–Crippen MR) is 98.1 cm³/mol. The van der Waals surface area contributed by atoms with Crippen LogP contribution in [-0.2, 0) is 10.0 Å². The van der Waals surface area contributed by atoms with Crippen LogP contribution in [0.25, 0.3) is 0 Å². The van der Waals surface area contributed by atoms with Crippen molar-refractivity contribution in [3.63, 3.8) is 0 Å². The van der Waals surface area contributed by atoms with Crippen molar-refractivity contribution in [3.05, 3.63) is 34.4 Å². The molecule has 1 fully saturated rings. The third-order valence-corrected chi connectivity index (χ3v) is 6.38. The minimum absolute atomic E-state index is 0.170. The number of thiazole rings is 1. The fraction of sp³-hybridized carbons (Fsp3) is 0.438. The zero-order valence-corrected chi connectivity index (χ0v) is 15.7. The van der Waals surface area contributed by atoms with E-state index in [1.165, 1.54) is 29.0 Å². The molecule has 1 aromatic carbocycles. The molecule has 0 amide bonds. The minimum Gasteiger partial charge on any atom is -0.382 e. The SMILES string of the molecule is Cc1cc(S(=O)(=O)Nc2cscn2)c(F)cc1N[C@@H](C)C1CCNC1. The molecule has 1 unspecified atom stereocenters. The maximum absolute atomic E-state index is 14.5. The van der Waals surface area contributed by atoms with Crippen LogP contribution < -0.4 is 15.4 Å². The molecule has 2 aromatic rings. The Hall–Kier alpha value is -1.71. The number of nitrogens with zero attached hydrogens (tertiary/aromatic N) is 1. The molecule has 3 N–H and O–H groups in total. The van der Waals surface area contributed by atoms with Crippen LogP contribution in [0.2, 0.25) is 0 Å². The van der Waals surface area contributed by atoms with Gasteiger partial charge in [0.15, 0.2) is 5.82 Å². The molecule has 25 heavy (non-hydrogen) atoms. The lowest BCUT2D eigenvalue weighted by atomic mass is 10.00. The van der Waals surface area contributed by atoms with Gasteiger partial charge < -0.3 is 10.6 Å². The maximum Gasteiger partial charge on any atom is 0.266 e. The highest BCUT2D eigenvalue weighted by Crippen LogP contribution is 2.27. The highest BCUT2D eigenvalue weighted by Gasteiger charge is 2.24. The van der Waals surface area contributed by atoms with Crippen LogP contribution >= 0.6 is 11.3 Å². The largest absolute Gasteiger partial charge is 0.382 e. The third kappa shape index (κ3) is 4.10.